The zero-order chi connectivity index (χ0) is 13.8. The molecule has 4 nitrogen and oxygen atoms in total. The Hall–Kier alpha value is -0.970. The highest BCUT2D eigenvalue weighted by molar-refractivity contribution is 5.13. The average molecular weight is 275 g/mol. The van der Waals surface area contributed by atoms with E-state index in [4.69, 9.17) is 0 Å². The predicted octanol–water partition coefficient (Wildman–Crippen LogP) is 1.58. The SMILES string of the molecule is OC(CNC1CCN(CC2CC2)CC1)c1ccncc1. The molecule has 1 aromatic heterocycles. The van der Waals surface area contributed by atoms with E-state index in [1.165, 1.54) is 45.3 Å². The van der Waals surface area contributed by atoms with Crippen LogP contribution in [0, 0.1) is 5.92 Å². The number of aliphatic hydroxyl groups is 1. The van der Waals surface area contributed by atoms with Crippen LogP contribution in [0.25, 0.3) is 0 Å². The van der Waals surface area contributed by atoms with Gasteiger partial charge in [0.15, 0.2) is 0 Å². The maximum absolute atomic E-state index is 10.1. The minimum Gasteiger partial charge on any atom is -0.387 e. The summed E-state index contributed by atoms with van der Waals surface area (Å²) >= 11 is 0. The molecule has 2 heterocycles. The number of hydrogen-bond donors (Lipinski definition) is 2. The number of aliphatic hydroxyl groups excluding tert-OH is 1. The van der Waals surface area contributed by atoms with Gasteiger partial charge in [0.05, 0.1) is 6.10 Å². The van der Waals surface area contributed by atoms with E-state index in [1.807, 2.05) is 12.1 Å². The molecule has 1 unspecified atom stereocenters. The van der Waals surface area contributed by atoms with E-state index in [1.54, 1.807) is 12.4 Å². The Morgan fingerprint density at radius 3 is 2.55 bits per heavy atom. The van der Waals surface area contributed by atoms with Crippen LogP contribution in [-0.4, -0.2) is 47.2 Å². The lowest BCUT2D eigenvalue weighted by atomic mass is 10.0. The molecule has 1 aliphatic heterocycles. The highest BCUT2D eigenvalue weighted by Gasteiger charge is 2.27. The van der Waals surface area contributed by atoms with Crippen molar-refractivity contribution in [1.29, 1.82) is 0 Å². The minimum absolute atomic E-state index is 0.428. The third kappa shape index (κ3) is 4.01. The first kappa shape index (κ1) is 14.0. The van der Waals surface area contributed by atoms with Crippen LogP contribution in [0.4, 0.5) is 0 Å². The first-order chi connectivity index (χ1) is 9.81. The van der Waals surface area contributed by atoms with Crippen molar-refractivity contribution in [1.82, 2.24) is 15.2 Å². The summed E-state index contributed by atoms with van der Waals surface area (Å²) in [4.78, 5) is 6.58. The standard InChI is InChI=1S/C16H25N3O/c20-16(14-3-7-17-8-4-14)11-18-15-5-9-19(10-6-15)12-13-1-2-13/h3-4,7-8,13,15-16,18,20H,1-2,5-6,9-12H2. The van der Waals surface area contributed by atoms with Crippen LogP contribution >= 0.6 is 0 Å². The molecule has 1 atom stereocenters. The van der Waals surface area contributed by atoms with Gasteiger partial charge in [0, 0.05) is 31.5 Å². The summed E-state index contributed by atoms with van der Waals surface area (Å²) in [5.74, 6) is 0.994. The Labute approximate surface area is 121 Å². The molecular weight excluding hydrogens is 250 g/mol. The van der Waals surface area contributed by atoms with Crippen molar-refractivity contribution < 1.29 is 5.11 Å². The maximum atomic E-state index is 10.1. The summed E-state index contributed by atoms with van der Waals surface area (Å²) in [5.41, 5.74) is 0.943. The van der Waals surface area contributed by atoms with Gasteiger partial charge in [-0.3, -0.25) is 4.98 Å². The van der Waals surface area contributed by atoms with Crippen LogP contribution in [0.1, 0.15) is 37.4 Å². The van der Waals surface area contributed by atoms with Gasteiger partial charge < -0.3 is 15.3 Å². The van der Waals surface area contributed by atoms with Crippen molar-refractivity contribution in [2.75, 3.05) is 26.2 Å². The third-order valence-corrected chi connectivity index (χ3v) is 4.49. The molecule has 0 spiro atoms. The van der Waals surface area contributed by atoms with Gasteiger partial charge in [-0.15, -0.1) is 0 Å². The quantitative estimate of drug-likeness (QED) is 0.827. The minimum atomic E-state index is -0.428. The van der Waals surface area contributed by atoms with Gasteiger partial charge in [0.1, 0.15) is 0 Å². The molecule has 0 aromatic carbocycles. The fourth-order valence-corrected chi connectivity index (χ4v) is 2.97. The van der Waals surface area contributed by atoms with E-state index < -0.39 is 6.10 Å². The van der Waals surface area contributed by atoms with Crippen molar-refractivity contribution in [3.63, 3.8) is 0 Å². The van der Waals surface area contributed by atoms with E-state index >= 15 is 0 Å². The van der Waals surface area contributed by atoms with Crippen LogP contribution < -0.4 is 5.32 Å². The smallest absolute Gasteiger partial charge is 0.0915 e. The Balaban J connectivity index is 1.37. The third-order valence-electron chi connectivity index (χ3n) is 4.49. The van der Waals surface area contributed by atoms with Gasteiger partial charge in [-0.05, 0) is 62.4 Å². The molecule has 2 fully saturated rings. The second-order valence-corrected chi connectivity index (χ2v) is 6.22. The van der Waals surface area contributed by atoms with Crippen LogP contribution in [-0.2, 0) is 0 Å². The van der Waals surface area contributed by atoms with E-state index in [2.05, 4.69) is 15.2 Å². The number of hydrogen-bond acceptors (Lipinski definition) is 4. The van der Waals surface area contributed by atoms with Crippen LogP contribution in [0.3, 0.4) is 0 Å². The highest BCUT2D eigenvalue weighted by Crippen LogP contribution is 2.30. The van der Waals surface area contributed by atoms with Crippen molar-refractivity contribution >= 4 is 0 Å². The molecule has 0 radical (unpaired) electrons. The number of likely N-dealkylation sites (tertiary alicyclic amines) is 1. The molecule has 2 aliphatic rings. The van der Waals surface area contributed by atoms with Gasteiger partial charge in [-0.25, -0.2) is 0 Å². The molecule has 110 valence electrons. The monoisotopic (exact) mass is 275 g/mol. The summed E-state index contributed by atoms with van der Waals surface area (Å²) < 4.78 is 0. The second-order valence-electron chi connectivity index (χ2n) is 6.22. The second kappa shape index (κ2) is 6.66. The predicted molar refractivity (Wildman–Crippen MR) is 79.4 cm³/mol. The van der Waals surface area contributed by atoms with E-state index in [-0.39, 0.29) is 0 Å². The lowest BCUT2D eigenvalue weighted by Gasteiger charge is -2.33. The molecule has 20 heavy (non-hydrogen) atoms. The first-order valence-electron chi connectivity index (χ1n) is 7.85. The van der Waals surface area contributed by atoms with Gasteiger partial charge in [-0.1, -0.05) is 0 Å². The van der Waals surface area contributed by atoms with Gasteiger partial charge in [-0.2, -0.15) is 0 Å². The fraction of sp³-hybridized carbons (Fsp3) is 0.688. The van der Waals surface area contributed by atoms with E-state index in [0.29, 0.717) is 12.6 Å². The van der Waals surface area contributed by atoms with Crippen LogP contribution in [0.15, 0.2) is 24.5 Å². The zero-order valence-corrected chi connectivity index (χ0v) is 12.0. The summed E-state index contributed by atoms with van der Waals surface area (Å²) in [6.45, 7) is 4.36. The molecule has 3 rings (SSSR count). The van der Waals surface area contributed by atoms with Crippen molar-refractivity contribution in [2.45, 2.75) is 37.8 Å². The molecular formula is C16H25N3O. The number of piperidine rings is 1. The molecule has 1 aromatic rings. The lowest BCUT2D eigenvalue weighted by Crippen LogP contribution is -2.44. The zero-order valence-electron chi connectivity index (χ0n) is 12.0. The molecule has 4 heteroatoms. The Morgan fingerprint density at radius 2 is 1.90 bits per heavy atom. The van der Waals surface area contributed by atoms with Gasteiger partial charge in [0.25, 0.3) is 0 Å². The van der Waals surface area contributed by atoms with Gasteiger partial charge >= 0.3 is 0 Å². The molecule has 1 saturated heterocycles. The Morgan fingerprint density at radius 1 is 1.20 bits per heavy atom. The number of nitrogens with one attached hydrogen (secondary N) is 1. The van der Waals surface area contributed by atoms with Gasteiger partial charge in [0.2, 0.25) is 0 Å². The number of rotatable bonds is 6. The number of pyridine rings is 1. The number of nitrogens with zero attached hydrogens (tertiary/aromatic N) is 2. The van der Waals surface area contributed by atoms with Crippen LogP contribution in [0.2, 0.25) is 0 Å². The molecule has 2 N–H and O–H groups in total. The van der Waals surface area contributed by atoms with Crippen molar-refractivity contribution in [3.05, 3.63) is 30.1 Å². The fourth-order valence-electron chi connectivity index (χ4n) is 2.97. The summed E-state index contributed by atoms with van der Waals surface area (Å²) in [6.07, 6.45) is 8.32. The van der Waals surface area contributed by atoms with Crippen LogP contribution in [0.5, 0.6) is 0 Å². The summed E-state index contributed by atoms with van der Waals surface area (Å²) in [5, 5.41) is 13.6. The average Bonchev–Trinajstić information content (AvgIpc) is 3.31. The summed E-state index contributed by atoms with van der Waals surface area (Å²) in [6, 6.07) is 4.32. The Kier molecular flexibility index (Phi) is 4.65. The highest BCUT2D eigenvalue weighted by atomic mass is 16.3. The number of aromatic nitrogens is 1. The maximum Gasteiger partial charge on any atom is 0.0915 e. The van der Waals surface area contributed by atoms with E-state index in [9.17, 15) is 5.11 Å². The van der Waals surface area contributed by atoms with Crippen molar-refractivity contribution in [2.24, 2.45) is 5.92 Å². The van der Waals surface area contributed by atoms with E-state index in [0.717, 1.165) is 11.5 Å². The topological polar surface area (TPSA) is 48.4 Å². The summed E-state index contributed by atoms with van der Waals surface area (Å²) in [7, 11) is 0. The normalized spacial score (nSPS) is 22.9. The first-order valence-corrected chi connectivity index (χ1v) is 7.85. The van der Waals surface area contributed by atoms with Crippen molar-refractivity contribution in [3.8, 4) is 0 Å². The lowest BCUT2D eigenvalue weighted by molar-refractivity contribution is 0.149. The molecule has 1 saturated carbocycles. The molecule has 1 aliphatic carbocycles. The molecule has 0 bridgehead atoms. The Bertz CT molecular complexity index is 399. The largest absolute Gasteiger partial charge is 0.387 e. The molecule has 0 amide bonds.